The summed E-state index contributed by atoms with van der Waals surface area (Å²) in [5.74, 6) is -2.58. The quantitative estimate of drug-likeness (QED) is 0.285. The molecule has 36 heavy (non-hydrogen) atoms. The van der Waals surface area contributed by atoms with Gasteiger partial charge in [-0.1, -0.05) is 59.0 Å². The second kappa shape index (κ2) is 11.6. The standard InChI is InChI=1S/C25H28F2IN5O3/c26-19-7-6-17(20(27)12-19)10-18-11-22-32(21(8-9-29)24(18)35)23(34)14-31(15-28)33(22)25(36)30-13-16-4-2-1-3-5-16/h1-7,12,18,21-22H,8-11,13-15,29H2,(H,30,36)/t18?,21-,22-/m0/s1. The Balaban J connectivity index is 1.63. The Labute approximate surface area is 221 Å². The number of carbonyl (C=O) groups excluding carboxylic acids is 3. The number of fused-ring (bicyclic) bond motifs is 1. The van der Waals surface area contributed by atoms with Gasteiger partial charge in [0.25, 0.3) is 0 Å². The van der Waals surface area contributed by atoms with Crippen molar-refractivity contribution in [1.82, 2.24) is 20.2 Å². The highest BCUT2D eigenvalue weighted by atomic mass is 127. The number of halogens is 3. The highest BCUT2D eigenvalue weighted by Gasteiger charge is 2.51. The molecule has 3 N–H and O–H groups in total. The number of amides is 3. The van der Waals surface area contributed by atoms with Crippen LogP contribution in [0.3, 0.4) is 0 Å². The van der Waals surface area contributed by atoms with Crippen molar-refractivity contribution in [1.29, 1.82) is 0 Å². The minimum atomic E-state index is -0.824. The van der Waals surface area contributed by atoms with Crippen LogP contribution in [0.4, 0.5) is 13.6 Å². The Morgan fingerprint density at radius 2 is 1.89 bits per heavy atom. The SMILES string of the molecule is NCC[C@H]1C(=O)C(Cc2ccc(F)cc2F)C[C@H]2N1C(=O)CN(CI)N2C(=O)NCc1ccccc1. The summed E-state index contributed by atoms with van der Waals surface area (Å²) >= 11 is 2.09. The fourth-order valence-electron chi connectivity index (χ4n) is 4.96. The molecule has 8 nitrogen and oxygen atoms in total. The number of ketones is 1. The van der Waals surface area contributed by atoms with Crippen LogP contribution < -0.4 is 11.1 Å². The predicted octanol–water partition coefficient (Wildman–Crippen LogP) is 2.80. The van der Waals surface area contributed by atoms with Crippen LogP contribution in [-0.4, -0.2) is 62.5 Å². The third kappa shape index (κ3) is 5.52. The van der Waals surface area contributed by atoms with Crippen molar-refractivity contribution < 1.29 is 23.2 Å². The molecule has 11 heteroatoms. The van der Waals surface area contributed by atoms with E-state index in [1.165, 1.54) is 16.0 Å². The normalized spacial score (nSPS) is 22.5. The Hall–Kier alpha value is -2.64. The van der Waals surface area contributed by atoms with Crippen molar-refractivity contribution >= 4 is 40.3 Å². The zero-order valence-electron chi connectivity index (χ0n) is 19.6. The molecular formula is C25H28F2IN5O3. The van der Waals surface area contributed by atoms with E-state index in [4.69, 9.17) is 5.73 Å². The van der Waals surface area contributed by atoms with E-state index < -0.39 is 35.8 Å². The van der Waals surface area contributed by atoms with Gasteiger partial charge in [0, 0.05) is 18.5 Å². The molecule has 2 saturated heterocycles. The van der Waals surface area contributed by atoms with E-state index in [-0.39, 0.29) is 49.6 Å². The lowest BCUT2D eigenvalue weighted by Gasteiger charge is -2.54. The van der Waals surface area contributed by atoms with E-state index >= 15 is 0 Å². The largest absolute Gasteiger partial charge is 0.334 e. The number of urea groups is 1. The number of alkyl halides is 1. The summed E-state index contributed by atoms with van der Waals surface area (Å²) < 4.78 is 28.2. The summed E-state index contributed by atoms with van der Waals surface area (Å²) in [6.07, 6.45) is -0.338. The first kappa shape index (κ1) is 26.4. The second-order valence-corrected chi connectivity index (χ2v) is 9.60. The number of nitrogens with two attached hydrogens (primary N) is 1. The maximum atomic E-state index is 14.4. The first-order valence-corrected chi connectivity index (χ1v) is 13.3. The van der Waals surface area contributed by atoms with E-state index in [0.717, 1.165) is 17.7 Å². The molecule has 0 saturated carbocycles. The smallest absolute Gasteiger partial charge is 0.333 e. The lowest BCUT2D eigenvalue weighted by Crippen LogP contribution is -2.73. The molecule has 2 fully saturated rings. The van der Waals surface area contributed by atoms with Crippen molar-refractivity contribution in [2.45, 2.75) is 38.0 Å². The van der Waals surface area contributed by atoms with Gasteiger partial charge in [-0.2, -0.15) is 5.01 Å². The van der Waals surface area contributed by atoms with E-state index in [1.54, 1.807) is 5.01 Å². The van der Waals surface area contributed by atoms with E-state index in [0.29, 0.717) is 11.1 Å². The molecule has 2 aromatic carbocycles. The monoisotopic (exact) mass is 611 g/mol. The van der Waals surface area contributed by atoms with E-state index in [9.17, 15) is 23.2 Å². The third-order valence-corrected chi connectivity index (χ3v) is 7.42. The van der Waals surface area contributed by atoms with Gasteiger partial charge in [0.05, 0.1) is 17.1 Å². The molecule has 2 aliphatic heterocycles. The zero-order valence-corrected chi connectivity index (χ0v) is 21.7. The topological polar surface area (TPSA) is 99.0 Å². The lowest BCUT2D eigenvalue weighted by molar-refractivity contribution is -0.182. The molecule has 0 aliphatic carbocycles. The van der Waals surface area contributed by atoms with Gasteiger partial charge in [0.1, 0.15) is 17.8 Å². The van der Waals surface area contributed by atoms with Crippen molar-refractivity contribution in [2.75, 3.05) is 17.6 Å². The molecule has 0 aromatic heterocycles. The highest BCUT2D eigenvalue weighted by molar-refractivity contribution is 14.1. The second-order valence-electron chi connectivity index (χ2n) is 8.92. The number of carbonyl (C=O) groups is 3. The number of benzene rings is 2. The first-order chi connectivity index (χ1) is 17.3. The molecule has 1 unspecified atom stereocenters. The Bertz CT molecular complexity index is 1120. The van der Waals surface area contributed by atoms with Crippen LogP contribution >= 0.6 is 22.6 Å². The predicted molar refractivity (Wildman–Crippen MR) is 137 cm³/mol. The molecule has 0 bridgehead atoms. The van der Waals surface area contributed by atoms with Gasteiger partial charge in [0.15, 0.2) is 5.78 Å². The van der Waals surface area contributed by atoms with Crippen LogP contribution in [-0.2, 0) is 22.6 Å². The maximum Gasteiger partial charge on any atom is 0.334 e. The minimum absolute atomic E-state index is 0.0360. The number of hydrazine groups is 1. The van der Waals surface area contributed by atoms with Gasteiger partial charge in [-0.05, 0) is 43.0 Å². The Kier molecular flexibility index (Phi) is 8.52. The van der Waals surface area contributed by atoms with Crippen LogP contribution in [0.15, 0.2) is 48.5 Å². The molecule has 0 radical (unpaired) electrons. The molecule has 4 rings (SSSR count). The van der Waals surface area contributed by atoms with E-state index in [1.807, 2.05) is 30.3 Å². The van der Waals surface area contributed by atoms with Gasteiger partial charge in [0.2, 0.25) is 5.91 Å². The molecule has 192 valence electrons. The number of nitrogens with zero attached hydrogens (tertiary/aromatic N) is 3. The summed E-state index contributed by atoms with van der Waals surface area (Å²) in [6, 6.07) is 11.5. The fourth-order valence-corrected chi connectivity index (χ4v) is 5.53. The molecule has 3 amide bonds. The summed E-state index contributed by atoms with van der Waals surface area (Å²) in [7, 11) is 0. The van der Waals surface area contributed by atoms with E-state index in [2.05, 4.69) is 27.9 Å². The highest BCUT2D eigenvalue weighted by Crippen LogP contribution is 2.35. The zero-order chi connectivity index (χ0) is 25.8. The summed E-state index contributed by atoms with van der Waals surface area (Å²) in [5, 5.41) is 6.06. The van der Waals surface area contributed by atoms with Crippen molar-refractivity contribution in [3.05, 3.63) is 71.3 Å². The fraction of sp³-hybridized carbons (Fsp3) is 0.400. The first-order valence-electron chi connectivity index (χ1n) is 11.7. The molecule has 2 heterocycles. The van der Waals surface area contributed by atoms with Crippen LogP contribution in [0.5, 0.6) is 0 Å². The van der Waals surface area contributed by atoms with Crippen LogP contribution in [0.25, 0.3) is 0 Å². The van der Waals surface area contributed by atoms with Gasteiger partial charge in [-0.3, -0.25) is 9.59 Å². The number of piperidine rings is 1. The number of hydrogen-bond donors (Lipinski definition) is 2. The maximum absolute atomic E-state index is 14.4. The average Bonchev–Trinajstić information content (AvgIpc) is 2.87. The van der Waals surface area contributed by atoms with Crippen LogP contribution in [0, 0.1) is 17.6 Å². The van der Waals surface area contributed by atoms with Crippen molar-refractivity contribution in [2.24, 2.45) is 11.7 Å². The number of Topliss-reactive ketones (excluding diaryl/α,β-unsaturated/α-hetero) is 1. The molecule has 2 aliphatic rings. The third-order valence-electron chi connectivity index (χ3n) is 6.63. The molecule has 0 spiro atoms. The average molecular weight is 611 g/mol. The molecular weight excluding hydrogens is 583 g/mol. The minimum Gasteiger partial charge on any atom is -0.333 e. The van der Waals surface area contributed by atoms with Gasteiger partial charge < -0.3 is 16.0 Å². The summed E-state index contributed by atoms with van der Waals surface area (Å²) in [5.41, 5.74) is 6.92. The number of nitrogens with one attached hydrogen (secondary N) is 1. The summed E-state index contributed by atoms with van der Waals surface area (Å²) in [4.78, 5) is 41.5. The lowest BCUT2D eigenvalue weighted by atomic mass is 9.81. The van der Waals surface area contributed by atoms with Crippen LogP contribution in [0.1, 0.15) is 24.0 Å². The van der Waals surface area contributed by atoms with Crippen molar-refractivity contribution in [3.8, 4) is 0 Å². The Morgan fingerprint density at radius 1 is 1.14 bits per heavy atom. The number of rotatable bonds is 7. The molecule has 2 aromatic rings. The van der Waals surface area contributed by atoms with Gasteiger partial charge in [-0.15, -0.1) is 0 Å². The van der Waals surface area contributed by atoms with Crippen LogP contribution in [0.2, 0.25) is 0 Å². The van der Waals surface area contributed by atoms with Gasteiger partial charge in [-0.25, -0.2) is 18.6 Å². The van der Waals surface area contributed by atoms with Gasteiger partial charge >= 0.3 is 6.03 Å². The Morgan fingerprint density at radius 3 is 2.56 bits per heavy atom. The summed E-state index contributed by atoms with van der Waals surface area (Å²) in [6.45, 7) is 0.409. The molecule has 3 atom stereocenters. The number of hydrogen-bond acceptors (Lipinski definition) is 5. The van der Waals surface area contributed by atoms with Crippen molar-refractivity contribution in [3.63, 3.8) is 0 Å².